The molecule has 2 rings (SSSR count). The number of benzene rings is 2. The average molecular weight is 571 g/mol. The number of rotatable bonds is 10. The van der Waals surface area contributed by atoms with Crippen molar-refractivity contribution in [2.75, 3.05) is 37.9 Å². The van der Waals surface area contributed by atoms with Gasteiger partial charge in [0.25, 0.3) is 0 Å². The maximum atomic E-state index is 13.2. The van der Waals surface area contributed by atoms with Gasteiger partial charge in [0.1, 0.15) is 23.9 Å². The zero-order valence-electron chi connectivity index (χ0n) is 25.1. The number of nitrogens with zero attached hydrogens (tertiary/aromatic N) is 1. The van der Waals surface area contributed by atoms with E-state index in [9.17, 15) is 19.2 Å². The SMILES string of the molecule is CN(C)CCOC(=O)Nc1ccc(C[C@H](NC(=O)OC(C)(C)C)C(=O)Nc2ccc(C(=O)OC(C)(C)C)cc2)cc1. The lowest BCUT2D eigenvalue weighted by Crippen LogP contribution is -2.47. The van der Waals surface area contributed by atoms with Crippen molar-refractivity contribution in [2.45, 2.75) is 65.2 Å². The highest BCUT2D eigenvalue weighted by Gasteiger charge is 2.25. The maximum Gasteiger partial charge on any atom is 0.411 e. The number of alkyl carbamates (subject to hydrolysis) is 1. The monoisotopic (exact) mass is 570 g/mol. The summed E-state index contributed by atoms with van der Waals surface area (Å²) in [5.41, 5.74) is 0.649. The van der Waals surface area contributed by atoms with Crippen molar-refractivity contribution >= 4 is 35.4 Å². The predicted molar refractivity (Wildman–Crippen MR) is 157 cm³/mol. The Balaban J connectivity index is 2.10. The molecule has 0 spiro atoms. The highest BCUT2D eigenvalue weighted by atomic mass is 16.6. The first-order valence-electron chi connectivity index (χ1n) is 13.3. The van der Waals surface area contributed by atoms with Crippen molar-refractivity contribution in [1.82, 2.24) is 10.2 Å². The normalized spacial score (nSPS) is 12.2. The van der Waals surface area contributed by atoms with Crippen LogP contribution >= 0.6 is 0 Å². The molecule has 0 aliphatic heterocycles. The topological polar surface area (TPSA) is 135 Å². The van der Waals surface area contributed by atoms with Crippen LogP contribution in [0.3, 0.4) is 0 Å². The van der Waals surface area contributed by atoms with Gasteiger partial charge in [0.05, 0.1) is 5.56 Å². The second-order valence-corrected chi connectivity index (χ2v) is 11.7. The molecule has 3 N–H and O–H groups in total. The highest BCUT2D eigenvalue weighted by Crippen LogP contribution is 2.17. The number of anilines is 2. The van der Waals surface area contributed by atoms with Crippen LogP contribution in [-0.4, -0.2) is 73.5 Å². The van der Waals surface area contributed by atoms with E-state index in [0.717, 1.165) is 5.56 Å². The molecule has 224 valence electrons. The second kappa shape index (κ2) is 14.5. The molecular weight excluding hydrogens is 528 g/mol. The number of carbonyl (C=O) groups is 4. The van der Waals surface area contributed by atoms with Gasteiger partial charge < -0.3 is 29.7 Å². The molecule has 41 heavy (non-hydrogen) atoms. The van der Waals surface area contributed by atoms with Gasteiger partial charge in [0, 0.05) is 24.3 Å². The van der Waals surface area contributed by atoms with Gasteiger partial charge in [-0.25, -0.2) is 14.4 Å². The standard InChI is InChI=1S/C30H42N4O7/c1-29(2,3)40-26(36)21-11-15-22(16-12-21)31-25(35)24(33-28(38)41-30(4,5)6)19-20-9-13-23(14-10-20)32-27(37)39-18-17-34(7)8/h9-16,24H,17-19H2,1-8H3,(H,31,35)(H,32,37)(H,33,38)/t24-/m0/s1. The van der Waals surface area contributed by atoms with Gasteiger partial charge in [0.15, 0.2) is 0 Å². The minimum absolute atomic E-state index is 0.147. The van der Waals surface area contributed by atoms with Crippen LogP contribution in [0.5, 0.6) is 0 Å². The Morgan fingerprint density at radius 3 is 1.83 bits per heavy atom. The molecule has 0 radical (unpaired) electrons. The molecule has 1 atom stereocenters. The number of ether oxygens (including phenoxy) is 3. The Labute approximate surface area is 241 Å². The molecule has 3 amide bonds. The molecule has 0 aliphatic carbocycles. The summed E-state index contributed by atoms with van der Waals surface area (Å²) in [6.45, 7) is 11.4. The number of esters is 1. The largest absolute Gasteiger partial charge is 0.456 e. The van der Waals surface area contributed by atoms with Gasteiger partial charge >= 0.3 is 18.2 Å². The quantitative estimate of drug-likeness (QED) is 0.273. The van der Waals surface area contributed by atoms with Crippen LogP contribution in [-0.2, 0) is 25.4 Å². The van der Waals surface area contributed by atoms with Crippen LogP contribution in [0.2, 0.25) is 0 Å². The van der Waals surface area contributed by atoms with E-state index in [0.29, 0.717) is 23.5 Å². The molecule has 0 heterocycles. The lowest BCUT2D eigenvalue weighted by Gasteiger charge is -2.23. The van der Waals surface area contributed by atoms with Gasteiger partial charge in [-0.1, -0.05) is 12.1 Å². The molecule has 0 saturated heterocycles. The summed E-state index contributed by atoms with van der Waals surface area (Å²) in [4.78, 5) is 51.9. The summed E-state index contributed by atoms with van der Waals surface area (Å²) < 4.78 is 15.9. The first kappa shape index (κ1) is 33.1. The lowest BCUT2D eigenvalue weighted by molar-refractivity contribution is -0.118. The van der Waals surface area contributed by atoms with Crippen molar-refractivity contribution in [2.24, 2.45) is 0 Å². The zero-order valence-corrected chi connectivity index (χ0v) is 25.1. The van der Waals surface area contributed by atoms with Crippen LogP contribution in [0.25, 0.3) is 0 Å². The summed E-state index contributed by atoms with van der Waals surface area (Å²) in [5.74, 6) is -0.952. The van der Waals surface area contributed by atoms with Crippen molar-refractivity contribution in [3.8, 4) is 0 Å². The zero-order chi connectivity index (χ0) is 30.8. The number of nitrogens with one attached hydrogen (secondary N) is 3. The molecule has 0 saturated carbocycles. The maximum absolute atomic E-state index is 13.2. The fourth-order valence-corrected chi connectivity index (χ4v) is 3.35. The molecule has 0 aliphatic rings. The average Bonchev–Trinajstić information content (AvgIpc) is 2.82. The van der Waals surface area contributed by atoms with E-state index in [1.165, 1.54) is 0 Å². The third kappa shape index (κ3) is 13.2. The Morgan fingerprint density at radius 1 is 0.756 bits per heavy atom. The molecule has 11 nitrogen and oxygen atoms in total. The molecule has 0 bridgehead atoms. The molecule has 0 fully saturated rings. The Morgan fingerprint density at radius 2 is 1.29 bits per heavy atom. The molecule has 2 aromatic carbocycles. The van der Waals surface area contributed by atoms with Gasteiger partial charge in [-0.05, 0) is 97.6 Å². The van der Waals surface area contributed by atoms with E-state index < -0.39 is 41.3 Å². The third-order valence-corrected chi connectivity index (χ3v) is 5.21. The second-order valence-electron chi connectivity index (χ2n) is 11.7. The number of likely N-dealkylation sites (N-methyl/N-ethyl adjacent to an activating group) is 1. The number of hydrogen-bond donors (Lipinski definition) is 3. The van der Waals surface area contributed by atoms with E-state index in [2.05, 4.69) is 16.0 Å². The van der Waals surface area contributed by atoms with E-state index in [1.54, 1.807) is 90.1 Å². The minimum atomic E-state index is -0.981. The molecule has 0 aromatic heterocycles. The summed E-state index contributed by atoms with van der Waals surface area (Å²) in [5, 5.41) is 8.06. The van der Waals surface area contributed by atoms with Crippen LogP contribution in [0, 0.1) is 0 Å². The lowest BCUT2D eigenvalue weighted by atomic mass is 10.0. The van der Waals surface area contributed by atoms with Gasteiger partial charge in [-0.15, -0.1) is 0 Å². The Bertz CT molecular complexity index is 1180. The van der Waals surface area contributed by atoms with Crippen LogP contribution < -0.4 is 16.0 Å². The van der Waals surface area contributed by atoms with Gasteiger partial charge in [0.2, 0.25) is 5.91 Å². The van der Waals surface area contributed by atoms with Crippen molar-refractivity contribution in [3.63, 3.8) is 0 Å². The number of hydrogen-bond acceptors (Lipinski definition) is 8. The summed E-state index contributed by atoms with van der Waals surface area (Å²) >= 11 is 0. The third-order valence-electron chi connectivity index (χ3n) is 5.21. The fraction of sp³-hybridized carbons (Fsp3) is 0.467. The van der Waals surface area contributed by atoms with Gasteiger partial charge in [-0.2, -0.15) is 0 Å². The molecular formula is C30H42N4O7. The van der Waals surface area contributed by atoms with E-state index in [1.807, 2.05) is 19.0 Å². The van der Waals surface area contributed by atoms with E-state index >= 15 is 0 Å². The molecule has 11 heteroatoms. The van der Waals surface area contributed by atoms with Crippen LogP contribution in [0.15, 0.2) is 48.5 Å². The van der Waals surface area contributed by atoms with Crippen LogP contribution in [0.4, 0.5) is 21.0 Å². The van der Waals surface area contributed by atoms with E-state index in [-0.39, 0.29) is 13.0 Å². The smallest absolute Gasteiger partial charge is 0.411 e. The van der Waals surface area contributed by atoms with Crippen molar-refractivity contribution < 1.29 is 33.4 Å². The highest BCUT2D eigenvalue weighted by molar-refractivity contribution is 5.97. The van der Waals surface area contributed by atoms with Gasteiger partial charge in [-0.3, -0.25) is 10.1 Å². The molecule has 0 unspecified atom stereocenters. The van der Waals surface area contributed by atoms with E-state index in [4.69, 9.17) is 14.2 Å². The number of amides is 3. The predicted octanol–water partition coefficient (Wildman–Crippen LogP) is 4.83. The Hall–Kier alpha value is -4.12. The minimum Gasteiger partial charge on any atom is -0.456 e. The Kier molecular flexibility index (Phi) is 11.7. The first-order chi connectivity index (χ1) is 19.0. The summed E-state index contributed by atoms with van der Waals surface area (Å²) in [6.07, 6.45) is -1.16. The number of carbonyl (C=O) groups excluding carboxylic acids is 4. The summed E-state index contributed by atoms with van der Waals surface area (Å²) in [7, 11) is 3.76. The van der Waals surface area contributed by atoms with Crippen LogP contribution in [0.1, 0.15) is 57.5 Å². The van der Waals surface area contributed by atoms with Crippen molar-refractivity contribution in [1.29, 1.82) is 0 Å². The summed E-state index contributed by atoms with van der Waals surface area (Å²) in [6, 6.07) is 12.1. The van der Waals surface area contributed by atoms with Crippen molar-refractivity contribution in [3.05, 3.63) is 59.7 Å². The first-order valence-corrected chi connectivity index (χ1v) is 13.3. The fourth-order valence-electron chi connectivity index (χ4n) is 3.35. The molecule has 2 aromatic rings.